The molecule has 0 bridgehead atoms. The summed E-state index contributed by atoms with van der Waals surface area (Å²) < 4.78 is 23.2. The third kappa shape index (κ3) is 3.96. The summed E-state index contributed by atoms with van der Waals surface area (Å²) in [6, 6.07) is 6.10. The summed E-state index contributed by atoms with van der Waals surface area (Å²) in [6.07, 6.45) is 0. The van der Waals surface area contributed by atoms with Crippen molar-refractivity contribution in [3.05, 3.63) is 57.3 Å². The van der Waals surface area contributed by atoms with Gasteiger partial charge in [0.15, 0.2) is 6.61 Å². The molecule has 0 aliphatic rings. The lowest BCUT2D eigenvalue weighted by molar-refractivity contribution is 0.0475. The van der Waals surface area contributed by atoms with Crippen LogP contribution in [0.5, 0.6) is 5.75 Å². The van der Waals surface area contributed by atoms with E-state index in [1.807, 2.05) is 0 Å². The second kappa shape index (κ2) is 7.51. The number of nitrogen functional groups attached to an aromatic ring is 1. The molecular formula is C16H12Cl2FNO4. The molecule has 0 saturated carbocycles. The van der Waals surface area contributed by atoms with Crippen molar-refractivity contribution in [2.45, 2.75) is 0 Å². The van der Waals surface area contributed by atoms with Gasteiger partial charge in [-0.15, -0.1) is 0 Å². The summed E-state index contributed by atoms with van der Waals surface area (Å²) in [7, 11) is 1.34. The molecule has 5 nitrogen and oxygen atoms in total. The highest BCUT2D eigenvalue weighted by Crippen LogP contribution is 2.28. The molecule has 24 heavy (non-hydrogen) atoms. The maximum absolute atomic E-state index is 13.3. The summed E-state index contributed by atoms with van der Waals surface area (Å²) in [5.41, 5.74) is 5.57. The molecule has 0 aliphatic carbocycles. The number of halogens is 3. The zero-order valence-corrected chi connectivity index (χ0v) is 13.9. The Kier molecular flexibility index (Phi) is 5.64. The molecule has 2 rings (SSSR count). The van der Waals surface area contributed by atoms with E-state index in [1.54, 1.807) is 0 Å². The van der Waals surface area contributed by atoms with Gasteiger partial charge in [0, 0.05) is 5.02 Å². The molecule has 8 heteroatoms. The van der Waals surface area contributed by atoms with Gasteiger partial charge < -0.3 is 15.2 Å². The molecule has 0 aromatic heterocycles. The molecule has 2 aromatic rings. The van der Waals surface area contributed by atoms with E-state index >= 15 is 0 Å². The summed E-state index contributed by atoms with van der Waals surface area (Å²) >= 11 is 11.6. The minimum absolute atomic E-state index is 0.0122. The first kappa shape index (κ1) is 18.0. The van der Waals surface area contributed by atoms with Crippen molar-refractivity contribution >= 4 is 40.6 Å². The molecule has 0 radical (unpaired) electrons. The minimum Gasteiger partial charge on any atom is -0.496 e. The molecule has 126 valence electrons. The highest BCUT2D eigenvalue weighted by Gasteiger charge is 2.19. The van der Waals surface area contributed by atoms with Crippen LogP contribution in [0.4, 0.5) is 10.1 Å². The normalized spacial score (nSPS) is 10.3. The summed E-state index contributed by atoms with van der Waals surface area (Å²) in [5.74, 6) is -1.95. The first-order chi connectivity index (χ1) is 11.3. The number of nitrogens with two attached hydrogens (primary N) is 1. The van der Waals surface area contributed by atoms with Gasteiger partial charge in [0.2, 0.25) is 5.78 Å². The zero-order chi connectivity index (χ0) is 17.9. The van der Waals surface area contributed by atoms with E-state index < -0.39 is 24.2 Å². The van der Waals surface area contributed by atoms with E-state index in [0.717, 1.165) is 12.1 Å². The number of hydrogen-bond donors (Lipinski definition) is 1. The van der Waals surface area contributed by atoms with Gasteiger partial charge in [-0.2, -0.15) is 0 Å². The first-order valence-corrected chi connectivity index (χ1v) is 7.37. The third-order valence-electron chi connectivity index (χ3n) is 3.11. The minimum atomic E-state index is -0.874. The van der Waals surface area contributed by atoms with E-state index in [0.29, 0.717) is 0 Å². The number of carbonyl (C=O) groups is 2. The molecular weight excluding hydrogens is 360 g/mol. The van der Waals surface area contributed by atoms with Crippen LogP contribution in [0.15, 0.2) is 30.3 Å². The number of hydrogen-bond acceptors (Lipinski definition) is 5. The molecule has 0 amide bonds. The third-order valence-corrected chi connectivity index (χ3v) is 3.64. The SMILES string of the molecule is COc1ccc(F)cc1C(=O)COC(=O)c1cc(Cl)cc(Cl)c1N. The second-order valence-electron chi connectivity index (χ2n) is 4.69. The Labute approximate surface area is 147 Å². The van der Waals surface area contributed by atoms with Crippen LogP contribution < -0.4 is 10.5 Å². The van der Waals surface area contributed by atoms with Crippen LogP contribution in [0.2, 0.25) is 10.0 Å². The summed E-state index contributed by atoms with van der Waals surface area (Å²) in [4.78, 5) is 24.2. The van der Waals surface area contributed by atoms with Crippen LogP contribution in [-0.4, -0.2) is 25.5 Å². The van der Waals surface area contributed by atoms with Crippen molar-refractivity contribution in [3.8, 4) is 5.75 Å². The van der Waals surface area contributed by atoms with Gasteiger partial charge >= 0.3 is 5.97 Å². The first-order valence-electron chi connectivity index (χ1n) is 6.62. The van der Waals surface area contributed by atoms with Crippen molar-refractivity contribution < 1.29 is 23.5 Å². The van der Waals surface area contributed by atoms with Gasteiger partial charge in [-0.3, -0.25) is 4.79 Å². The Balaban J connectivity index is 2.15. The van der Waals surface area contributed by atoms with Crippen molar-refractivity contribution in [1.29, 1.82) is 0 Å². The number of ether oxygens (including phenoxy) is 2. The van der Waals surface area contributed by atoms with Gasteiger partial charge in [0.1, 0.15) is 11.6 Å². The highest BCUT2D eigenvalue weighted by molar-refractivity contribution is 6.37. The van der Waals surface area contributed by atoms with Crippen LogP contribution in [0, 0.1) is 5.82 Å². The number of anilines is 1. The fourth-order valence-electron chi connectivity index (χ4n) is 1.94. The number of esters is 1. The van der Waals surface area contributed by atoms with Crippen LogP contribution >= 0.6 is 23.2 Å². The lowest BCUT2D eigenvalue weighted by Crippen LogP contribution is -2.16. The van der Waals surface area contributed by atoms with E-state index in [-0.39, 0.29) is 32.6 Å². The quantitative estimate of drug-likeness (QED) is 0.491. The fourth-order valence-corrected chi connectivity index (χ4v) is 2.43. The lowest BCUT2D eigenvalue weighted by Gasteiger charge is -2.10. The smallest absolute Gasteiger partial charge is 0.340 e. The average Bonchev–Trinajstić information content (AvgIpc) is 2.55. The van der Waals surface area contributed by atoms with Gasteiger partial charge in [-0.25, -0.2) is 9.18 Å². The molecule has 0 saturated heterocycles. The van der Waals surface area contributed by atoms with E-state index in [4.69, 9.17) is 38.4 Å². The fraction of sp³-hybridized carbons (Fsp3) is 0.125. The van der Waals surface area contributed by atoms with Gasteiger partial charge in [0.05, 0.1) is 28.9 Å². The van der Waals surface area contributed by atoms with Gasteiger partial charge in [0.25, 0.3) is 0 Å². The van der Waals surface area contributed by atoms with Crippen molar-refractivity contribution in [2.75, 3.05) is 19.5 Å². The van der Waals surface area contributed by atoms with E-state index in [1.165, 1.54) is 25.3 Å². The van der Waals surface area contributed by atoms with Crippen LogP contribution in [0.25, 0.3) is 0 Å². The maximum atomic E-state index is 13.3. The molecule has 0 aliphatic heterocycles. The Morgan fingerprint density at radius 3 is 2.54 bits per heavy atom. The molecule has 0 unspecified atom stereocenters. The van der Waals surface area contributed by atoms with Crippen LogP contribution in [0.3, 0.4) is 0 Å². The predicted octanol–water partition coefficient (Wildman–Crippen LogP) is 3.76. The Morgan fingerprint density at radius 2 is 1.88 bits per heavy atom. The Bertz CT molecular complexity index is 811. The maximum Gasteiger partial charge on any atom is 0.340 e. The number of benzene rings is 2. The lowest BCUT2D eigenvalue weighted by atomic mass is 10.1. The monoisotopic (exact) mass is 371 g/mol. The second-order valence-corrected chi connectivity index (χ2v) is 5.54. The van der Waals surface area contributed by atoms with Crippen LogP contribution in [0.1, 0.15) is 20.7 Å². The standard InChI is InChI=1S/C16H12Cl2FNO4/c1-23-14-3-2-9(19)6-10(14)13(21)7-24-16(22)11-4-8(17)5-12(18)15(11)20/h2-6H,7,20H2,1H3. The number of Topliss-reactive ketones (excluding diaryl/α,β-unsaturated/α-hetero) is 1. The van der Waals surface area contributed by atoms with Crippen LogP contribution in [-0.2, 0) is 4.74 Å². The molecule has 0 heterocycles. The van der Waals surface area contributed by atoms with E-state index in [2.05, 4.69) is 0 Å². The van der Waals surface area contributed by atoms with Gasteiger partial charge in [-0.05, 0) is 30.3 Å². The van der Waals surface area contributed by atoms with Crippen molar-refractivity contribution in [1.82, 2.24) is 0 Å². The highest BCUT2D eigenvalue weighted by atomic mass is 35.5. The van der Waals surface area contributed by atoms with E-state index in [9.17, 15) is 14.0 Å². The summed E-state index contributed by atoms with van der Waals surface area (Å²) in [6.45, 7) is -0.623. The van der Waals surface area contributed by atoms with Gasteiger partial charge in [-0.1, -0.05) is 23.2 Å². The predicted molar refractivity (Wildman–Crippen MR) is 88.4 cm³/mol. The molecule has 2 N–H and O–H groups in total. The number of carbonyl (C=O) groups excluding carboxylic acids is 2. The number of ketones is 1. The topological polar surface area (TPSA) is 78.6 Å². The molecule has 2 aromatic carbocycles. The molecule has 0 fully saturated rings. The molecule has 0 atom stereocenters. The average molecular weight is 372 g/mol. The largest absolute Gasteiger partial charge is 0.496 e. The molecule has 0 spiro atoms. The number of rotatable bonds is 5. The Morgan fingerprint density at radius 1 is 1.17 bits per heavy atom. The van der Waals surface area contributed by atoms with Crippen molar-refractivity contribution in [3.63, 3.8) is 0 Å². The Hall–Kier alpha value is -2.31. The number of methoxy groups -OCH3 is 1. The van der Waals surface area contributed by atoms with Crippen molar-refractivity contribution in [2.24, 2.45) is 0 Å². The zero-order valence-electron chi connectivity index (χ0n) is 12.4. The summed E-state index contributed by atoms with van der Waals surface area (Å²) in [5, 5.41) is 0.284.